The average Bonchev–Trinajstić information content (AvgIpc) is 3.07. The molecule has 0 radical (unpaired) electrons. The van der Waals surface area contributed by atoms with Gasteiger partial charge in [0.25, 0.3) is 5.91 Å². The Balaban J connectivity index is 1.47. The van der Waals surface area contributed by atoms with Crippen LogP contribution in [0, 0.1) is 0 Å². The van der Waals surface area contributed by atoms with Crippen molar-refractivity contribution in [1.82, 2.24) is 20.4 Å². The summed E-state index contributed by atoms with van der Waals surface area (Å²) in [5.41, 5.74) is 5.38. The van der Waals surface area contributed by atoms with Crippen molar-refractivity contribution in [3.8, 4) is 0 Å². The monoisotopic (exact) mass is 360 g/mol. The zero-order chi connectivity index (χ0) is 18.6. The molecule has 4 rings (SSSR count). The van der Waals surface area contributed by atoms with E-state index in [2.05, 4.69) is 52.1 Å². The molecule has 5 heteroatoms. The Morgan fingerprint density at radius 1 is 1.19 bits per heavy atom. The van der Waals surface area contributed by atoms with Crippen LogP contribution in [0.15, 0.2) is 60.8 Å². The predicted octanol–water partition coefficient (Wildman–Crippen LogP) is 2.63. The van der Waals surface area contributed by atoms with Gasteiger partial charge in [0.15, 0.2) is 0 Å². The zero-order valence-corrected chi connectivity index (χ0v) is 15.5. The highest BCUT2D eigenvalue weighted by atomic mass is 16.1. The standard InChI is InChI=1S/C22H24N4O/c1-26-21(13-16-7-3-2-4-8-16)19(14-25-26)22(27)24-15-20-18-10-6-5-9-17(18)11-12-23-20/h2-10,14,20,23H,11-13,15H2,1H3,(H,24,27). The summed E-state index contributed by atoms with van der Waals surface area (Å²) in [5.74, 6) is -0.0705. The summed E-state index contributed by atoms with van der Waals surface area (Å²) in [6.45, 7) is 1.50. The maximum Gasteiger partial charge on any atom is 0.254 e. The summed E-state index contributed by atoms with van der Waals surface area (Å²) >= 11 is 0. The molecule has 138 valence electrons. The first-order chi connectivity index (χ1) is 13.2. The molecule has 0 saturated heterocycles. The largest absolute Gasteiger partial charge is 0.350 e. The molecule has 2 heterocycles. The number of aryl methyl sites for hydroxylation is 1. The number of rotatable bonds is 5. The van der Waals surface area contributed by atoms with Gasteiger partial charge in [-0.15, -0.1) is 0 Å². The summed E-state index contributed by atoms with van der Waals surface area (Å²) in [7, 11) is 1.88. The second kappa shape index (κ2) is 7.76. The third-order valence-corrected chi connectivity index (χ3v) is 5.20. The average molecular weight is 360 g/mol. The number of nitrogens with zero attached hydrogens (tertiary/aromatic N) is 2. The van der Waals surface area contributed by atoms with E-state index in [9.17, 15) is 4.79 Å². The van der Waals surface area contributed by atoms with Gasteiger partial charge < -0.3 is 10.6 Å². The van der Waals surface area contributed by atoms with Crippen molar-refractivity contribution in [3.63, 3.8) is 0 Å². The van der Waals surface area contributed by atoms with Crippen molar-refractivity contribution in [1.29, 1.82) is 0 Å². The first kappa shape index (κ1) is 17.5. The highest BCUT2D eigenvalue weighted by molar-refractivity contribution is 5.95. The molecule has 2 aromatic carbocycles. The molecule has 1 aromatic heterocycles. The SMILES string of the molecule is Cn1ncc(C(=O)NCC2NCCc3ccccc32)c1Cc1ccccc1. The van der Waals surface area contributed by atoms with Crippen LogP contribution in [0.5, 0.6) is 0 Å². The Kier molecular flexibility index (Phi) is 5.03. The summed E-state index contributed by atoms with van der Waals surface area (Å²) < 4.78 is 1.79. The lowest BCUT2D eigenvalue weighted by molar-refractivity contribution is 0.0948. The molecule has 1 amide bonds. The molecule has 0 aliphatic carbocycles. The van der Waals surface area contributed by atoms with Crippen molar-refractivity contribution in [3.05, 3.63) is 88.7 Å². The minimum atomic E-state index is -0.0705. The molecule has 5 nitrogen and oxygen atoms in total. The van der Waals surface area contributed by atoms with Gasteiger partial charge in [0.2, 0.25) is 0 Å². The second-order valence-electron chi connectivity index (χ2n) is 6.96. The zero-order valence-electron chi connectivity index (χ0n) is 15.5. The van der Waals surface area contributed by atoms with E-state index in [0.717, 1.165) is 24.2 Å². The summed E-state index contributed by atoms with van der Waals surface area (Å²) in [6, 6.07) is 18.7. The van der Waals surface area contributed by atoms with Crippen LogP contribution in [-0.4, -0.2) is 28.8 Å². The number of nitrogens with one attached hydrogen (secondary N) is 2. The minimum Gasteiger partial charge on any atom is -0.350 e. The number of aromatic nitrogens is 2. The quantitative estimate of drug-likeness (QED) is 0.735. The van der Waals surface area contributed by atoms with Crippen LogP contribution >= 0.6 is 0 Å². The Bertz CT molecular complexity index is 932. The molecule has 0 spiro atoms. The van der Waals surface area contributed by atoms with Gasteiger partial charge in [-0.05, 0) is 29.7 Å². The van der Waals surface area contributed by atoms with Crippen LogP contribution in [0.2, 0.25) is 0 Å². The van der Waals surface area contributed by atoms with Gasteiger partial charge >= 0.3 is 0 Å². The van der Waals surface area contributed by atoms with Crippen molar-refractivity contribution in [2.24, 2.45) is 7.05 Å². The van der Waals surface area contributed by atoms with Crippen molar-refractivity contribution in [2.75, 3.05) is 13.1 Å². The van der Waals surface area contributed by atoms with E-state index in [1.54, 1.807) is 10.9 Å². The van der Waals surface area contributed by atoms with Gasteiger partial charge in [-0.3, -0.25) is 9.48 Å². The molecule has 0 fully saturated rings. The fourth-order valence-corrected chi connectivity index (χ4v) is 3.72. The van der Waals surface area contributed by atoms with Crippen molar-refractivity contribution in [2.45, 2.75) is 18.9 Å². The number of carbonyl (C=O) groups is 1. The summed E-state index contributed by atoms with van der Waals surface area (Å²) in [4.78, 5) is 12.8. The fourth-order valence-electron chi connectivity index (χ4n) is 3.72. The topological polar surface area (TPSA) is 59.0 Å². The fraction of sp³-hybridized carbons (Fsp3) is 0.273. The van der Waals surface area contributed by atoms with Crippen LogP contribution < -0.4 is 10.6 Å². The van der Waals surface area contributed by atoms with E-state index >= 15 is 0 Å². The lowest BCUT2D eigenvalue weighted by atomic mass is 9.94. The summed E-state index contributed by atoms with van der Waals surface area (Å²) in [5, 5.41) is 10.9. The molecule has 3 aromatic rings. The first-order valence-corrected chi connectivity index (χ1v) is 9.36. The smallest absolute Gasteiger partial charge is 0.254 e. The number of hydrogen-bond acceptors (Lipinski definition) is 3. The van der Waals surface area contributed by atoms with Crippen LogP contribution in [0.1, 0.15) is 38.8 Å². The molecule has 1 aliphatic heterocycles. The van der Waals surface area contributed by atoms with Crippen molar-refractivity contribution < 1.29 is 4.79 Å². The van der Waals surface area contributed by atoms with Gasteiger partial charge in [0, 0.05) is 26.1 Å². The maximum absolute atomic E-state index is 12.8. The Hall–Kier alpha value is -2.92. The number of amides is 1. The van der Waals surface area contributed by atoms with E-state index in [4.69, 9.17) is 0 Å². The highest BCUT2D eigenvalue weighted by Crippen LogP contribution is 2.22. The van der Waals surface area contributed by atoms with Crippen LogP contribution in [-0.2, 0) is 19.9 Å². The number of benzene rings is 2. The van der Waals surface area contributed by atoms with E-state index in [1.807, 2.05) is 25.2 Å². The molecule has 1 atom stereocenters. The number of carbonyl (C=O) groups excluding carboxylic acids is 1. The third-order valence-electron chi connectivity index (χ3n) is 5.20. The molecular formula is C22H24N4O. The normalized spacial score (nSPS) is 16.0. The van der Waals surface area contributed by atoms with Crippen LogP contribution in [0.25, 0.3) is 0 Å². The van der Waals surface area contributed by atoms with Crippen molar-refractivity contribution >= 4 is 5.91 Å². The molecule has 2 N–H and O–H groups in total. The Morgan fingerprint density at radius 3 is 2.81 bits per heavy atom. The highest BCUT2D eigenvalue weighted by Gasteiger charge is 2.21. The Morgan fingerprint density at radius 2 is 1.96 bits per heavy atom. The molecule has 27 heavy (non-hydrogen) atoms. The molecule has 0 saturated carbocycles. The lowest BCUT2D eigenvalue weighted by Crippen LogP contribution is -2.39. The maximum atomic E-state index is 12.8. The van der Waals surface area contributed by atoms with Gasteiger partial charge in [-0.25, -0.2) is 0 Å². The minimum absolute atomic E-state index is 0.0705. The Labute approximate surface area is 159 Å². The van der Waals surface area contributed by atoms with Gasteiger partial charge in [0.1, 0.15) is 0 Å². The molecule has 0 bridgehead atoms. The molecular weight excluding hydrogens is 336 g/mol. The van der Waals surface area contributed by atoms with E-state index in [1.165, 1.54) is 11.1 Å². The number of fused-ring (bicyclic) bond motifs is 1. The molecule has 1 unspecified atom stereocenters. The second-order valence-corrected chi connectivity index (χ2v) is 6.96. The van der Waals surface area contributed by atoms with E-state index in [-0.39, 0.29) is 11.9 Å². The lowest BCUT2D eigenvalue weighted by Gasteiger charge is -2.27. The van der Waals surface area contributed by atoms with E-state index < -0.39 is 0 Å². The predicted molar refractivity (Wildman–Crippen MR) is 106 cm³/mol. The first-order valence-electron chi connectivity index (χ1n) is 9.36. The number of hydrogen-bond donors (Lipinski definition) is 2. The van der Waals surface area contributed by atoms with Gasteiger partial charge in [-0.2, -0.15) is 5.10 Å². The van der Waals surface area contributed by atoms with Gasteiger partial charge in [-0.1, -0.05) is 54.6 Å². The summed E-state index contributed by atoms with van der Waals surface area (Å²) in [6.07, 6.45) is 3.38. The van der Waals surface area contributed by atoms with Crippen LogP contribution in [0.4, 0.5) is 0 Å². The van der Waals surface area contributed by atoms with E-state index in [0.29, 0.717) is 18.5 Å². The van der Waals surface area contributed by atoms with Gasteiger partial charge in [0.05, 0.1) is 17.5 Å². The third kappa shape index (κ3) is 3.78. The molecule has 1 aliphatic rings. The van der Waals surface area contributed by atoms with Crippen LogP contribution in [0.3, 0.4) is 0 Å².